The van der Waals surface area contributed by atoms with Crippen molar-refractivity contribution in [3.63, 3.8) is 0 Å². The van der Waals surface area contributed by atoms with E-state index >= 15 is 0 Å². The number of aromatic carboxylic acids is 1. The normalized spacial score (nSPS) is 8.77. The van der Waals surface area contributed by atoms with E-state index < -0.39 is 5.97 Å². The fraction of sp³-hybridized carbons (Fsp3) is 0.125. The van der Waals surface area contributed by atoms with E-state index in [2.05, 4.69) is 0 Å². The zero-order chi connectivity index (χ0) is 9.14. The van der Waals surface area contributed by atoms with Gasteiger partial charge in [-0.2, -0.15) is 0 Å². The average Bonchev–Trinajstić information content (AvgIpc) is 2.03. The monoisotopic (exact) mass is 250 g/mol. The van der Waals surface area contributed by atoms with E-state index in [0.717, 1.165) is 0 Å². The molecule has 13 heavy (non-hydrogen) atoms. The number of hydrogen-bond donors (Lipinski definition) is 1. The molecule has 1 aromatic carbocycles. The van der Waals surface area contributed by atoms with Crippen LogP contribution in [0.1, 0.15) is 10.4 Å². The van der Waals surface area contributed by atoms with Gasteiger partial charge in [-0.25, -0.2) is 4.79 Å². The summed E-state index contributed by atoms with van der Waals surface area (Å²) in [5.74, 6) is -0.751. The van der Waals surface area contributed by atoms with E-state index in [0.29, 0.717) is 5.02 Å². The molecule has 0 amide bonds. The zero-order valence-electron chi connectivity index (χ0n) is 7.08. The molecule has 0 unspecified atom stereocenters. The summed E-state index contributed by atoms with van der Waals surface area (Å²) < 4.78 is 4.82. The Morgan fingerprint density at radius 2 is 2.15 bits per heavy atom. The van der Waals surface area contributed by atoms with Crippen molar-refractivity contribution in [1.29, 1.82) is 0 Å². The third kappa shape index (κ3) is 2.98. The number of rotatable bonds is 2. The summed E-state index contributed by atoms with van der Waals surface area (Å²) in [5, 5.41) is 9.12. The van der Waals surface area contributed by atoms with E-state index in [1.54, 1.807) is 0 Å². The van der Waals surface area contributed by atoms with Gasteiger partial charge in [-0.3, -0.25) is 0 Å². The summed E-state index contributed by atoms with van der Waals surface area (Å²) in [6.07, 6.45) is 0. The van der Waals surface area contributed by atoms with Crippen molar-refractivity contribution in [3.05, 3.63) is 28.8 Å². The number of hydrogen-bond acceptors (Lipinski definition) is 2. The first-order valence-electron chi connectivity index (χ1n) is 3.22. The van der Waals surface area contributed by atoms with Crippen LogP contribution in [0, 0.1) is 0 Å². The molecule has 0 radical (unpaired) electrons. The maximum Gasteiger partial charge on any atom is 0.339 e. The van der Waals surface area contributed by atoms with Gasteiger partial charge in [0.2, 0.25) is 0 Å². The summed E-state index contributed by atoms with van der Waals surface area (Å²) in [4.78, 5) is 10.6. The van der Waals surface area contributed by atoms with Crippen LogP contribution in [-0.4, -0.2) is 18.2 Å². The smallest absolute Gasteiger partial charge is 0.339 e. The molecule has 0 aliphatic rings. The maximum atomic E-state index is 10.6. The van der Waals surface area contributed by atoms with E-state index in [1.165, 1.54) is 25.3 Å². The van der Waals surface area contributed by atoms with Gasteiger partial charge in [0, 0.05) is 24.5 Å². The number of halogens is 1. The van der Waals surface area contributed by atoms with Crippen LogP contribution in [0.15, 0.2) is 18.2 Å². The van der Waals surface area contributed by atoms with Crippen LogP contribution in [0.5, 0.6) is 5.75 Å². The molecule has 0 saturated heterocycles. The predicted octanol–water partition coefficient (Wildman–Crippen LogP) is 2.04. The molecule has 0 bridgehead atoms. The van der Waals surface area contributed by atoms with Crippen LogP contribution in [0.3, 0.4) is 0 Å². The van der Waals surface area contributed by atoms with Crippen LogP contribution < -0.4 is 4.74 Å². The van der Waals surface area contributed by atoms with Gasteiger partial charge in [0.25, 0.3) is 0 Å². The van der Waals surface area contributed by atoms with Crippen LogP contribution in [0.4, 0.5) is 0 Å². The Morgan fingerprint density at radius 1 is 1.54 bits per heavy atom. The van der Waals surface area contributed by atoms with Gasteiger partial charge in [-0.15, -0.1) is 0 Å². The Bertz CT molecular complexity index is 314. The molecule has 0 atom stereocenters. The van der Waals surface area contributed by atoms with E-state index in [-0.39, 0.29) is 30.8 Å². The molecule has 0 saturated carbocycles. The van der Waals surface area contributed by atoms with Crippen molar-refractivity contribution in [1.82, 2.24) is 0 Å². The number of ether oxygens (including phenoxy) is 1. The first-order chi connectivity index (χ1) is 5.65. The fourth-order valence-corrected chi connectivity index (χ4v) is 1.00. The molecule has 5 heteroatoms. The molecule has 0 heterocycles. The Labute approximate surface area is 93.4 Å². The topological polar surface area (TPSA) is 46.5 Å². The number of methoxy groups -OCH3 is 1. The Hall–Kier alpha value is -0.597. The van der Waals surface area contributed by atoms with E-state index in [9.17, 15) is 4.79 Å². The maximum absolute atomic E-state index is 10.6. The first kappa shape index (κ1) is 12.4. The Kier molecular flexibility index (Phi) is 4.96. The summed E-state index contributed by atoms with van der Waals surface area (Å²) in [5.41, 5.74) is 0.113. The minimum atomic E-state index is -1.02. The standard InChI is InChI=1S/C8H7ClO3.Zn/c1-12-7-4-5(9)2-3-6(7)8(10)11;/h2-4H,1H3,(H,10,11);. The molecule has 0 fully saturated rings. The molecule has 0 aliphatic carbocycles. The molecule has 3 nitrogen and oxygen atoms in total. The molecule has 0 aromatic heterocycles. The van der Waals surface area contributed by atoms with E-state index in [1.807, 2.05) is 0 Å². The quantitative estimate of drug-likeness (QED) is 0.819. The van der Waals surface area contributed by atoms with Crippen molar-refractivity contribution in [2.45, 2.75) is 0 Å². The molecular formula is C8H7ClO3Zn. The van der Waals surface area contributed by atoms with Crippen molar-refractivity contribution >= 4 is 17.6 Å². The van der Waals surface area contributed by atoms with Crippen molar-refractivity contribution in [2.24, 2.45) is 0 Å². The van der Waals surface area contributed by atoms with Gasteiger partial charge in [0.15, 0.2) is 0 Å². The van der Waals surface area contributed by atoms with Crippen molar-refractivity contribution < 1.29 is 34.1 Å². The van der Waals surface area contributed by atoms with Crippen LogP contribution in [-0.2, 0) is 19.5 Å². The number of carboxylic acids is 1. The second-order valence-electron chi connectivity index (χ2n) is 2.15. The molecular weight excluding hydrogens is 245 g/mol. The summed E-state index contributed by atoms with van der Waals surface area (Å²) in [7, 11) is 1.40. The zero-order valence-corrected chi connectivity index (χ0v) is 10.8. The number of carbonyl (C=O) groups is 1. The molecule has 1 rings (SSSR count). The minimum Gasteiger partial charge on any atom is -0.496 e. The summed E-state index contributed by atoms with van der Waals surface area (Å²) in [6, 6.07) is 4.38. The summed E-state index contributed by atoms with van der Waals surface area (Å²) in [6.45, 7) is 0. The molecule has 1 aromatic rings. The van der Waals surface area contributed by atoms with Crippen LogP contribution >= 0.6 is 11.6 Å². The molecule has 66 valence electrons. The minimum absolute atomic E-state index is 0. The van der Waals surface area contributed by atoms with Crippen molar-refractivity contribution in [3.8, 4) is 5.75 Å². The molecule has 0 aliphatic heterocycles. The van der Waals surface area contributed by atoms with Gasteiger partial charge < -0.3 is 9.84 Å². The second kappa shape index (κ2) is 5.20. The fourth-order valence-electron chi connectivity index (χ4n) is 0.842. The SMILES string of the molecule is COc1cc(Cl)ccc1C(=O)O.[Zn]. The number of carboxylic acid groups (broad SMARTS) is 1. The van der Waals surface area contributed by atoms with Gasteiger partial charge >= 0.3 is 5.97 Å². The van der Waals surface area contributed by atoms with Crippen molar-refractivity contribution in [2.75, 3.05) is 7.11 Å². The van der Waals surface area contributed by atoms with Gasteiger partial charge in [0.05, 0.1) is 7.11 Å². The second-order valence-corrected chi connectivity index (χ2v) is 2.59. The van der Waals surface area contributed by atoms with Crippen LogP contribution in [0.25, 0.3) is 0 Å². The van der Waals surface area contributed by atoms with Crippen LogP contribution in [0.2, 0.25) is 5.02 Å². The Balaban J connectivity index is 0.00000144. The van der Waals surface area contributed by atoms with Gasteiger partial charge in [0.1, 0.15) is 11.3 Å². The average molecular weight is 252 g/mol. The van der Waals surface area contributed by atoms with Gasteiger partial charge in [-0.05, 0) is 18.2 Å². The number of benzene rings is 1. The first-order valence-corrected chi connectivity index (χ1v) is 3.60. The van der Waals surface area contributed by atoms with E-state index in [4.69, 9.17) is 21.4 Å². The summed E-state index contributed by atoms with van der Waals surface area (Å²) >= 11 is 5.63. The third-order valence-electron chi connectivity index (χ3n) is 1.39. The van der Waals surface area contributed by atoms with Gasteiger partial charge in [-0.1, -0.05) is 11.6 Å². The predicted molar refractivity (Wildman–Crippen MR) is 45.0 cm³/mol. The largest absolute Gasteiger partial charge is 0.496 e. The molecule has 0 spiro atoms. The third-order valence-corrected chi connectivity index (χ3v) is 1.63. The Morgan fingerprint density at radius 3 is 2.62 bits per heavy atom. The molecule has 1 N–H and O–H groups in total.